The number of hydrogen-bond acceptors (Lipinski definition) is 6. The highest BCUT2D eigenvalue weighted by atomic mass is 19.1. The van der Waals surface area contributed by atoms with Gasteiger partial charge in [-0.05, 0) is 68.6 Å². The third-order valence-electron chi connectivity index (χ3n) is 8.39. The summed E-state index contributed by atoms with van der Waals surface area (Å²) < 4.78 is 24.8. The van der Waals surface area contributed by atoms with Gasteiger partial charge in [0.1, 0.15) is 11.7 Å². The monoisotopic (exact) mass is 409 g/mol. The van der Waals surface area contributed by atoms with Crippen molar-refractivity contribution in [2.24, 2.45) is 46.7 Å². The summed E-state index contributed by atoms with van der Waals surface area (Å²) in [6.45, 7) is 1.50. The molecule has 6 atom stereocenters. The van der Waals surface area contributed by atoms with E-state index in [1.807, 2.05) is 0 Å². The predicted molar refractivity (Wildman–Crippen MR) is 96.8 cm³/mol. The lowest BCUT2D eigenvalue weighted by atomic mass is 9.49. The van der Waals surface area contributed by atoms with Crippen LogP contribution in [0.5, 0.6) is 0 Å². The Kier molecular flexibility index (Phi) is 4.09. The van der Waals surface area contributed by atoms with Crippen LogP contribution in [-0.2, 0) is 23.9 Å². The Morgan fingerprint density at radius 1 is 1.03 bits per heavy atom. The van der Waals surface area contributed by atoms with Gasteiger partial charge in [0.05, 0.1) is 11.3 Å². The first-order valence-corrected chi connectivity index (χ1v) is 10.7. The minimum Gasteiger partial charge on any atom is -0.480 e. The van der Waals surface area contributed by atoms with Crippen LogP contribution in [0.15, 0.2) is 0 Å². The number of carboxylic acids is 1. The summed E-state index contributed by atoms with van der Waals surface area (Å²) in [5.74, 6) is -2.53. The van der Waals surface area contributed by atoms with Gasteiger partial charge in [0.25, 0.3) is 0 Å². The average Bonchev–Trinajstić information content (AvgIpc) is 3.26. The van der Waals surface area contributed by atoms with E-state index in [-0.39, 0.29) is 12.4 Å². The molecular formula is C21H28FNO6. The number of carboxylic acid groups (broad SMARTS) is 1. The highest BCUT2D eigenvalue weighted by molar-refractivity contribution is 5.86. The number of carbonyl (C=O) groups excluding carboxylic acids is 2. The van der Waals surface area contributed by atoms with Crippen LogP contribution in [0.3, 0.4) is 0 Å². The fraction of sp³-hybridized carbons (Fsp3) is 0.857. The lowest BCUT2D eigenvalue weighted by Gasteiger charge is -2.55. The fourth-order valence-electron chi connectivity index (χ4n) is 7.46. The first kappa shape index (κ1) is 19.3. The Morgan fingerprint density at radius 3 is 2.10 bits per heavy atom. The van der Waals surface area contributed by atoms with E-state index >= 15 is 0 Å². The minimum absolute atomic E-state index is 0.0608. The van der Waals surface area contributed by atoms with E-state index in [1.165, 1.54) is 26.2 Å². The highest BCUT2D eigenvalue weighted by Gasteiger charge is 2.75. The van der Waals surface area contributed by atoms with E-state index in [9.17, 15) is 23.9 Å². The summed E-state index contributed by atoms with van der Waals surface area (Å²) in [5, 5.41) is 9.31. The summed E-state index contributed by atoms with van der Waals surface area (Å²) in [6.07, 6.45) is 3.42. The molecule has 0 heterocycles. The number of halogens is 1. The lowest BCUT2D eigenvalue weighted by molar-refractivity contribution is -0.202. The number of aliphatic carboxylic acids is 1. The van der Waals surface area contributed by atoms with Crippen molar-refractivity contribution in [1.82, 2.24) is 0 Å². The number of esters is 2. The normalized spacial score (nSPS) is 50.0. The smallest absolute Gasteiger partial charge is 0.327 e. The van der Waals surface area contributed by atoms with Gasteiger partial charge >= 0.3 is 17.9 Å². The zero-order valence-electron chi connectivity index (χ0n) is 16.5. The average molecular weight is 409 g/mol. The summed E-state index contributed by atoms with van der Waals surface area (Å²) >= 11 is 0. The fourth-order valence-corrected chi connectivity index (χ4v) is 7.46. The predicted octanol–water partition coefficient (Wildman–Crippen LogP) is 2.02. The van der Waals surface area contributed by atoms with Crippen molar-refractivity contribution in [2.45, 2.75) is 69.9 Å². The Balaban J connectivity index is 1.19. The molecule has 29 heavy (non-hydrogen) atoms. The molecular weight excluding hydrogens is 381 g/mol. The molecule has 0 saturated heterocycles. The number of nitrogens with two attached hydrogens (primary N) is 1. The summed E-state index contributed by atoms with van der Waals surface area (Å²) in [4.78, 5) is 36.9. The second-order valence-corrected chi connectivity index (χ2v) is 10.3. The molecule has 0 aromatic heterocycles. The third kappa shape index (κ3) is 2.74. The van der Waals surface area contributed by atoms with Crippen LogP contribution in [0.4, 0.5) is 4.39 Å². The van der Waals surface area contributed by atoms with Gasteiger partial charge in [0.2, 0.25) is 6.29 Å². The van der Waals surface area contributed by atoms with Gasteiger partial charge in [-0.2, -0.15) is 0 Å². The van der Waals surface area contributed by atoms with Gasteiger partial charge in [-0.25, -0.2) is 4.39 Å². The molecule has 0 aliphatic heterocycles. The molecule has 3 N–H and O–H groups in total. The zero-order valence-corrected chi connectivity index (χ0v) is 16.5. The van der Waals surface area contributed by atoms with Crippen LogP contribution in [0.1, 0.15) is 51.9 Å². The van der Waals surface area contributed by atoms with Crippen LogP contribution in [0.25, 0.3) is 0 Å². The lowest BCUT2D eigenvalue weighted by Crippen LogP contribution is -2.56. The third-order valence-corrected chi connectivity index (χ3v) is 8.39. The first-order chi connectivity index (χ1) is 13.6. The molecule has 0 amide bonds. The summed E-state index contributed by atoms with van der Waals surface area (Å²) in [5.41, 5.74) is 3.28. The Labute approximate surface area is 168 Å². The Bertz CT molecular complexity index is 735. The largest absolute Gasteiger partial charge is 0.480 e. The maximum atomic E-state index is 14.0. The minimum atomic E-state index is -2.05. The second-order valence-electron chi connectivity index (χ2n) is 10.3. The maximum Gasteiger partial charge on any atom is 0.327 e. The van der Waals surface area contributed by atoms with E-state index in [4.69, 9.17) is 15.2 Å². The van der Waals surface area contributed by atoms with Crippen LogP contribution >= 0.6 is 0 Å². The second kappa shape index (κ2) is 6.15. The number of hydrogen-bond donors (Lipinski definition) is 2. The molecule has 8 heteroatoms. The van der Waals surface area contributed by atoms with Gasteiger partial charge in [-0.3, -0.25) is 14.4 Å². The van der Waals surface area contributed by atoms with Gasteiger partial charge in [-0.1, -0.05) is 0 Å². The van der Waals surface area contributed by atoms with Gasteiger partial charge in [0, 0.05) is 12.8 Å². The number of alkyl halides is 1. The quantitative estimate of drug-likeness (QED) is 0.527. The summed E-state index contributed by atoms with van der Waals surface area (Å²) in [6, 6.07) is 0. The van der Waals surface area contributed by atoms with Crippen LogP contribution in [0, 0.1) is 40.9 Å². The number of rotatable bonds is 5. The molecule has 0 aromatic carbocycles. The van der Waals surface area contributed by atoms with Gasteiger partial charge in [-0.15, -0.1) is 0 Å². The molecule has 160 valence electrons. The van der Waals surface area contributed by atoms with Crippen LogP contribution in [0.2, 0.25) is 0 Å². The van der Waals surface area contributed by atoms with Crippen molar-refractivity contribution in [1.29, 1.82) is 0 Å². The molecule has 0 unspecified atom stereocenters. The number of ether oxygens (including phenoxy) is 2. The van der Waals surface area contributed by atoms with E-state index in [0.29, 0.717) is 17.8 Å². The molecule has 7 nitrogen and oxygen atoms in total. The van der Waals surface area contributed by atoms with Gasteiger partial charge < -0.3 is 20.3 Å². The van der Waals surface area contributed by atoms with Crippen molar-refractivity contribution in [3.05, 3.63) is 0 Å². The van der Waals surface area contributed by atoms with E-state index < -0.39 is 53.1 Å². The van der Waals surface area contributed by atoms with Crippen molar-refractivity contribution >= 4 is 17.9 Å². The van der Waals surface area contributed by atoms with E-state index in [1.54, 1.807) is 0 Å². The van der Waals surface area contributed by atoms with Crippen molar-refractivity contribution in [3.8, 4) is 0 Å². The molecule has 6 fully saturated rings. The molecule has 6 aliphatic carbocycles. The van der Waals surface area contributed by atoms with Crippen LogP contribution in [-0.4, -0.2) is 41.0 Å². The Hall–Kier alpha value is -1.70. The first-order valence-electron chi connectivity index (χ1n) is 10.7. The highest BCUT2D eigenvalue weighted by Crippen LogP contribution is 2.63. The topological polar surface area (TPSA) is 116 Å². The molecule has 6 rings (SSSR count). The van der Waals surface area contributed by atoms with E-state index in [0.717, 1.165) is 19.3 Å². The molecule has 4 bridgehead atoms. The van der Waals surface area contributed by atoms with Gasteiger partial charge in [0.15, 0.2) is 0 Å². The molecule has 6 aliphatic rings. The molecule has 6 saturated carbocycles. The summed E-state index contributed by atoms with van der Waals surface area (Å²) in [7, 11) is 0. The van der Waals surface area contributed by atoms with Crippen molar-refractivity contribution in [2.75, 3.05) is 0 Å². The standard InChI is InChI=1S/C21H28FNO6/c1-9(28-17(24)15-13-5-14(22)21(23,16(13)15)18(25)26)29-19(27)20-6-10-2-11(7-20)4-12(3-10)8-20/h9-16H,2-8,23H2,1H3,(H,25,26)/t9-,10?,11?,12?,13-,14-,15-,16-,20?,21-/m0/s1. The van der Waals surface area contributed by atoms with Crippen molar-refractivity contribution in [3.63, 3.8) is 0 Å². The van der Waals surface area contributed by atoms with Crippen molar-refractivity contribution < 1.29 is 33.4 Å². The van der Waals surface area contributed by atoms with E-state index in [2.05, 4.69) is 0 Å². The molecule has 0 spiro atoms. The number of fused-ring (bicyclic) bond motifs is 1. The zero-order chi connectivity index (χ0) is 20.7. The maximum absolute atomic E-state index is 14.0. The molecule has 0 aromatic rings. The SMILES string of the molecule is C[C@@H](OC(=O)[C@H]1[C@@H]2C[C@H](F)[C@@](N)(C(=O)O)[C@@H]21)OC(=O)C12CC3CC(CC(C3)C1)C2. The molecule has 0 radical (unpaired) electrons. The number of carbonyl (C=O) groups is 3. The van der Waals surface area contributed by atoms with Crippen LogP contribution < -0.4 is 5.73 Å². The Morgan fingerprint density at radius 2 is 1.59 bits per heavy atom.